The molecule has 0 bridgehead atoms. The van der Waals surface area contributed by atoms with E-state index in [9.17, 15) is 9.59 Å². The largest absolute Gasteiger partial charge is 0.333 e. The Hall–Kier alpha value is -2.69. The summed E-state index contributed by atoms with van der Waals surface area (Å²) in [5.41, 5.74) is 2.59. The van der Waals surface area contributed by atoms with Gasteiger partial charge in [-0.3, -0.25) is 14.6 Å². The highest BCUT2D eigenvalue weighted by Gasteiger charge is 2.27. The standard InChI is InChI=1S/C22H27N3O2/c1-17-9-5-6-13-20(17)24-21(26)15-22(27)25(19-11-3-2-4-12-19)16-18-10-7-8-14-23-18/h5-10,13-14,19H,2-4,11-12,15-16H2,1H3,(H,24,26). The number of pyridine rings is 1. The van der Waals surface area contributed by atoms with E-state index in [1.807, 2.05) is 54.3 Å². The number of rotatable bonds is 6. The number of carbonyl (C=O) groups is 2. The van der Waals surface area contributed by atoms with Gasteiger partial charge in [0, 0.05) is 17.9 Å². The van der Waals surface area contributed by atoms with E-state index in [1.165, 1.54) is 6.42 Å². The fourth-order valence-electron chi connectivity index (χ4n) is 3.63. The first-order valence-electron chi connectivity index (χ1n) is 9.68. The Morgan fingerprint density at radius 2 is 1.81 bits per heavy atom. The van der Waals surface area contributed by atoms with E-state index >= 15 is 0 Å². The molecule has 5 heteroatoms. The van der Waals surface area contributed by atoms with Gasteiger partial charge in [0.1, 0.15) is 6.42 Å². The molecule has 0 spiro atoms. The summed E-state index contributed by atoms with van der Waals surface area (Å²) in [6.07, 6.45) is 7.07. The summed E-state index contributed by atoms with van der Waals surface area (Å²) in [4.78, 5) is 31.6. The average Bonchev–Trinajstić information content (AvgIpc) is 2.69. The number of nitrogens with zero attached hydrogens (tertiary/aromatic N) is 2. The second-order valence-electron chi connectivity index (χ2n) is 7.17. The normalized spacial score (nSPS) is 14.6. The quantitative estimate of drug-likeness (QED) is 0.785. The van der Waals surface area contributed by atoms with Crippen LogP contribution in [0.1, 0.15) is 49.8 Å². The molecule has 1 aromatic carbocycles. The van der Waals surface area contributed by atoms with Crippen molar-refractivity contribution in [1.29, 1.82) is 0 Å². The van der Waals surface area contributed by atoms with Gasteiger partial charge in [0.15, 0.2) is 0 Å². The Morgan fingerprint density at radius 3 is 2.52 bits per heavy atom. The third-order valence-electron chi connectivity index (χ3n) is 5.13. The van der Waals surface area contributed by atoms with Crippen molar-refractivity contribution in [2.24, 2.45) is 0 Å². The lowest BCUT2D eigenvalue weighted by molar-refractivity contribution is -0.137. The summed E-state index contributed by atoms with van der Waals surface area (Å²) < 4.78 is 0. The highest BCUT2D eigenvalue weighted by Crippen LogP contribution is 2.24. The monoisotopic (exact) mass is 365 g/mol. The first-order valence-corrected chi connectivity index (χ1v) is 9.68. The zero-order valence-corrected chi connectivity index (χ0v) is 15.9. The molecule has 1 fully saturated rings. The van der Waals surface area contributed by atoms with Crippen LogP contribution in [0.5, 0.6) is 0 Å². The number of nitrogens with one attached hydrogen (secondary N) is 1. The van der Waals surface area contributed by atoms with E-state index in [-0.39, 0.29) is 24.3 Å². The molecule has 1 aliphatic rings. The fraction of sp³-hybridized carbons (Fsp3) is 0.409. The van der Waals surface area contributed by atoms with Gasteiger partial charge in [-0.05, 0) is 43.5 Å². The summed E-state index contributed by atoms with van der Waals surface area (Å²) in [5.74, 6) is -0.394. The van der Waals surface area contributed by atoms with E-state index in [1.54, 1.807) is 6.20 Å². The highest BCUT2D eigenvalue weighted by atomic mass is 16.2. The molecular formula is C22H27N3O2. The van der Waals surface area contributed by atoms with Crippen LogP contribution in [-0.4, -0.2) is 27.7 Å². The first-order chi connectivity index (χ1) is 13.1. The summed E-state index contributed by atoms with van der Waals surface area (Å²) in [6, 6.07) is 13.5. The fourth-order valence-corrected chi connectivity index (χ4v) is 3.63. The van der Waals surface area contributed by atoms with Crippen molar-refractivity contribution < 1.29 is 9.59 Å². The number of carbonyl (C=O) groups excluding carboxylic acids is 2. The Morgan fingerprint density at radius 1 is 1.07 bits per heavy atom. The van der Waals surface area contributed by atoms with Crippen LogP contribution in [0.2, 0.25) is 0 Å². The molecule has 2 aromatic rings. The van der Waals surface area contributed by atoms with Gasteiger partial charge in [0.05, 0.1) is 12.2 Å². The third kappa shape index (κ3) is 5.39. The van der Waals surface area contributed by atoms with Gasteiger partial charge < -0.3 is 10.2 Å². The third-order valence-corrected chi connectivity index (χ3v) is 5.13. The van der Waals surface area contributed by atoms with Crippen LogP contribution in [0, 0.1) is 6.92 Å². The summed E-state index contributed by atoms with van der Waals surface area (Å²) in [7, 11) is 0. The summed E-state index contributed by atoms with van der Waals surface area (Å²) in [6.45, 7) is 2.40. The van der Waals surface area contributed by atoms with Gasteiger partial charge in [-0.25, -0.2) is 0 Å². The molecule has 27 heavy (non-hydrogen) atoms. The van der Waals surface area contributed by atoms with Crippen LogP contribution in [0.4, 0.5) is 5.69 Å². The highest BCUT2D eigenvalue weighted by molar-refractivity contribution is 6.03. The van der Waals surface area contributed by atoms with Crippen LogP contribution in [-0.2, 0) is 16.1 Å². The number of benzene rings is 1. The van der Waals surface area contributed by atoms with Gasteiger partial charge in [0.2, 0.25) is 11.8 Å². The van der Waals surface area contributed by atoms with Gasteiger partial charge in [0.25, 0.3) is 0 Å². The van der Waals surface area contributed by atoms with Crippen LogP contribution < -0.4 is 5.32 Å². The van der Waals surface area contributed by atoms with Crippen molar-refractivity contribution in [2.45, 2.75) is 58.0 Å². The predicted octanol–water partition coefficient (Wildman–Crippen LogP) is 4.08. The van der Waals surface area contributed by atoms with E-state index in [4.69, 9.17) is 0 Å². The molecule has 5 nitrogen and oxygen atoms in total. The molecule has 0 atom stereocenters. The molecular weight excluding hydrogens is 338 g/mol. The Bertz CT molecular complexity index is 770. The number of aryl methyl sites for hydroxylation is 1. The van der Waals surface area contributed by atoms with E-state index in [2.05, 4.69) is 10.3 Å². The lowest BCUT2D eigenvalue weighted by Gasteiger charge is -2.34. The number of hydrogen-bond donors (Lipinski definition) is 1. The summed E-state index contributed by atoms with van der Waals surface area (Å²) >= 11 is 0. The SMILES string of the molecule is Cc1ccccc1NC(=O)CC(=O)N(Cc1ccccn1)C1CCCCC1. The number of hydrogen-bond acceptors (Lipinski definition) is 3. The number of anilines is 1. The minimum absolute atomic E-state index is 0.126. The minimum Gasteiger partial charge on any atom is -0.333 e. The zero-order chi connectivity index (χ0) is 19.1. The van der Waals surface area contributed by atoms with E-state index in [0.29, 0.717) is 6.54 Å². The van der Waals surface area contributed by atoms with Gasteiger partial charge in [-0.1, -0.05) is 43.5 Å². The molecule has 0 aliphatic heterocycles. The molecule has 2 amide bonds. The number of para-hydroxylation sites is 1. The molecule has 1 aliphatic carbocycles. The second kappa shape index (κ2) is 9.31. The molecule has 3 rings (SSSR count). The maximum absolute atomic E-state index is 13.0. The van der Waals surface area contributed by atoms with Gasteiger partial charge in [-0.2, -0.15) is 0 Å². The van der Waals surface area contributed by atoms with Crippen LogP contribution in [0.25, 0.3) is 0 Å². The molecule has 0 saturated heterocycles. The molecule has 1 aromatic heterocycles. The topological polar surface area (TPSA) is 62.3 Å². The van der Waals surface area contributed by atoms with Crippen molar-refractivity contribution in [3.8, 4) is 0 Å². The zero-order valence-electron chi connectivity index (χ0n) is 15.9. The second-order valence-corrected chi connectivity index (χ2v) is 7.17. The van der Waals surface area contributed by atoms with Crippen molar-refractivity contribution in [3.05, 3.63) is 59.9 Å². The number of aromatic nitrogens is 1. The van der Waals surface area contributed by atoms with Crippen molar-refractivity contribution in [2.75, 3.05) is 5.32 Å². The molecule has 1 saturated carbocycles. The molecule has 1 N–H and O–H groups in total. The van der Waals surface area contributed by atoms with Crippen LogP contribution in [0.15, 0.2) is 48.7 Å². The summed E-state index contributed by atoms with van der Waals surface area (Å²) in [5, 5.41) is 2.86. The Kier molecular flexibility index (Phi) is 6.58. The van der Waals surface area contributed by atoms with Gasteiger partial charge >= 0.3 is 0 Å². The Balaban J connectivity index is 1.68. The molecule has 0 unspecified atom stereocenters. The smallest absolute Gasteiger partial charge is 0.233 e. The Labute approximate surface area is 160 Å². The predicted molar refractivity (Wildman–Crippen MR) is 106 cm³/mol. The average molecular weight is 365 g/mol. The van der Waals surface area contributed by atoms with Crippen molar-refractivity contribution >= 4 is 17.5 Å². The van der Waals surface area contributed by atoms with E-state index in [0.717, 1.165) is 42.6 Å². The van der Waals surface area contributed by atoms with E-state index < -0.39 is 0 Å². The lowest BCUT2D eigenvalue weighted by Crippen LogP contribution is -2.42. The lowest BCUT2D eigenvalue weighted by atomic mass is 9.93. The van der Waals surface area contributed by atoms with Crippen molar-refractivity contribution in [3.63, 3.8) is 0 Å². The maximum Gasteiger partial charge on any atom is 0.233 e. The molecule has 0 radical (unpaired) electrons. The van der Waals surface area contributed by atoms with Gasteiger partial charge in [-0.15, -0.1) is 0 Å². The minimum atomic E-state index is -0.267. The molecule has 1 heterocycles. The number of amides is 2. The van der Waals surface area contributed by atoms with Crippen molar-refractivity contribution in [1.82, 2.24) is 9.88 Å². The van der Waals surface area contributed by atoms with Crippen LogP contribution >= 0.6 is 0 Å². The first kappa shape index (κ1) is 19.1. The van der Waals surface area contributed by atoms with Crippen LogP contribution in [0.3, 0.4) is 0 Å². The maximum atomic E-state index is 13.0. The molecule has 142 valence electrons.